The van der Waals surface area contributed by atoms with Crippen LogP contribution in [0.4, 0.5) is 5.82 Å². The number of rotatable bonds is 3. The predicted molar refractivity (Wildman–Crippen MR) is 73.2 cm³/mol. The topological polar surface area (TPSA) is 98.0 Å². The summed E-state index contributed by atoms with van der Waals surface area (Å²) in [5.41, 5.74) is 5.94. The average molecular weight is 286 g/mol. The zero-order valence-electron chi connectivity index (χ0n) is 9.67. The lowest BCUT2D eigenvalue weighted by Crippen LogP contribution is -2.35. The minimum Gasteiger partial charge on any atom is -0.388 e. The van der Waals surface area contributed by atoms with E-state index in [0.717, 1.165) is 6.42 Å². The van der Waals surface area contributed by atoms with Gasteiger partial charge < -0.3 is 11.1 Å². The number of hydrogen-bond acceptors (Lipinski definition) is 6. The Morgan fingerprint density at radius 1 is 1.44 bits per heavy atom. The summed E-state index contributed by atoms with van der Waals surface area (Å²) in [6, 6.07) is -0.159. The van der Waals surface area contributed by atoms with Gasteiger partial charge in [-0.25, -0.2) is 18.4 Å². The first kappa shape index (κ1) is 13.2. The van der Waals surface area contributed by atoms with Crippen LogP contribution in [0.3, 0.4) is 0 Å². The minimum absolute atomic E-state index is 0.111. The number of aromatic nitrogens is 2. The van der Waals surface area contributed by atoms with Gasteiger partial charge >= 0.3 is 0 Å². The summed E-state index contributed by atoms with van der Waals surface area (Å²) in [5, 5.41) is 3.07. The molecule has 6 nitrogen and oxygen atoms in total. The summed E-state index contributed by atoms with van der Waals surface area (Å²) in [6.07, 6.45) is 4.45. The summed E-state index contributed by atoms with van der Waals surface area (Å²) in [4.78, 5) is 8.29. The highest BCUT2D eigenvalue weighted by molar-refractivity contribution is 7.91. The first-order valence-electron chi connectivity index (χ1n) is 5.56. The molecule has 3 N–H and O–H groups in total. The highest BCUT2D eigenvalue weighted by atomic mass is 32.2. The van der Waals surface area contributed by atoms with Crippen LogP contribution in [0.25, 0.3) is 0 Å². The molecule has 8 heteroatoms. The van der Waals surface area contributed by atoms with Gasteiger partial charge in [0.25, 0.3) is 0 Å². The second-order valence-corrected chi connectivity index (χ2v) is 6.88. The molecular weight excluding hydrogens is 272 g/mol. The molecule has 1 aromatic heterocycles. The van der Waals surface area contributed by atoms with Gasteiger partial charge in [0.05, 0.1) is 11.5 Å². The SMILES string of the molecule is NC(=S)c1nccnc1NC1CCCS(=O)(=O)C1. The lowest BCUT2D eigenvalue weighted by Gasteiger charge is -2.24. The van der Waals surface area contributed by atoms with Gasteiger partial charge in [-0.05, 0) is 12.8 Å². The van der Waals surface area contributed by atoms with Crippen molar-refractivity contribution in [2.24, 2.45) is 5.73 Å². The van der Waals surface area contributed by atoms with Gasteiger partial charge in [-0.1, -0.05) is 12.2 Å². The molecule has 0 aliphatic carbocycles. The fraction of sp³-hybridized carbons (Fsp3) is 0.500. The zero-order chi connectivity index (χ0) is 13.2. The Morgan fingerprint density at radius 2 is 2.17 bits per heavy atom. The van der Waals surface area contributed by atoms with Gasteiger partial charge in [-0.3, -0.25) is 0 Å². The number of nitrogens with one attached hydrogen (secondary N) is 1. The van der Waals surface area contributed by atoms with Crippen LogP contribution >= 0.6 is 12.2 Å². The van der Waals surface area contributed by atoms with E-state index in [4.69, 9.17) is 18.0 Å². The van der Waals surface area contributed by atoms with Crippen LogP contribution in [0.1, 0.15) is 18.5 Å². The van der Waals surface area contributed by atoms with E-state index in [9.17, 15) is 8.42 Å². The van der Waals surface area contributed by atoms with E-state index in [2.05, 4.69) is 15.3 Å². The predicted octanol–water partition coefficient (Wildman–Crippen LogP) is 0.0999. The van der Waals surface area contributed by atoms with Crippen LogP contribution in [0.15, 0.2) is 12.4 Å². The molecule has 1 fully saturated rings. The van der Waals surface area contributed by atoms with Crippen molar-refractivity contribution in [3.05, 3.63) is 18.1 Å². The molecule has 1 aliphatic heterocycles. The van der Waals surface area contributed by atoms with Crippen molar-refractivity contribution in [2.75, 3.05) is 16.8 Å². The van der Waals surface area contributed by atoms with Crippen molar-refractivity contribution in [1.82, 2.24) is 9.97 Å². The Balaban J connectivity index is 2.17. The van der Waals surface area contributed by atoms with Crippen LogP contribution in [-0.4, -0.2) is 40.9 Å². The maximum Gasteiger partial charge on any atom is 0.155 e. The van der Waals surface area contributed by atoms with Crippen molar-refractivity contribution >= 4 is 32.9 Å². The summed E-state index contributed by atoms with van der Waals surface area (Å²) in [7, 11) is -2.96. The highest BCUT2D eigenvalue weighted by Crippen LogP contribution is 2.17. The molecule has 2 heterocycles. The second-order valence-electron chi connectivity index (χ2n) is 4.22. The van der Waals surface area contributed by atoms with E-state index in [1.807, 2.05) is 0 Å². The van der Waals surface area contributed by atoms with Gasteiger partial charge in [-0.2, -0.15) is 0 Å². The highest BCUT2D eigenvalue weighted by Gasteiger charge is 2.25. The van der Waals surface area contributed by atoms with Crippen LogP contribution in [0, 0.1) is 0 Å². The summed E-state index contributed by atoms with van der Waals surface area (Å²) in [5.74, 6) is 0.820. The minimum atomic E-state index is -2.96. The summed E-state index contributed by atoms with van der Waals surface area (Å²) < 4.78 is 23.1. The third-order valence-electron chi connectivity index (χ3n) is 2.74. The monoisotopic (exact) mass is 286 g/mol. The number of hydrogen-bond donors (Lipinski definition) is 2. The van der Waals surface area contributed by atoms with Gasteiger partial charge in [-0.15, -0.1) is 0 Å². The quantitative estimate of drug-likeness (QED) is 0.760. The van der Waals surface area contributed by atoms with Crippen molar-refractivity contribution in [2.45, 2.75) is 18.9 Å². The molecule has 98 valence electrons. The van der Waals surface area contributed by atoms with Crippen molar-refractivity contribution in [3.63, 3.8) is 0 Å². The van der Waals surface area contributed by atoms with Gasteiger partial charge in [0, 0.05) is 18.4 Å². The van der Waals surface area contributed by atoms with Crippen LogP contribution in [0.2, 0.25) is 0 Å². The largest absolute Gasteiger partial charge is 0.388 e. The number of thiocarbonyl (C=S) groups is 1. The molecule has 1 aliphatic rings. The molecule has 0 spiro atoms. The lowest BCUT2D eigenvalue weighted by atomic mass is 10.2. The summed E-state index contributed by atoms with van der Waals surface area (Å²) in [6.45, 7) is 0. The fourth-order valence-corrected chi connectivity index (χ4v) is 3.74. The lowest BCUT2D eigenvalue weighted by molar-refractivity contribution is 0.561. The molecule has 0 radical (unpaired) electrons. The van der Waals surface area contributed by atoms with Crippen molar-refractivity contribution in [1.29, 1.82) is 0 Å². The van der Waals surface area contributed by atoms with E-state index in [0.29, 0.717) is 17.9 Å². The molecule has 0 saturated carbocycles. The Morgan fingerprint density at radius 3 is 2.83 bits per heavy atom. The van der Waals surface area contributed by atoms with Crippen molar-refractivity contribution < 1.29 is 8.42 Å². The van der Waals surface area contributed by atoms with Crippen LogP contribution in [-0.2, 0) is 9.84 Å². The van der Waals surface area contributed by atoms with Gasteiger partial charge in [0.2, 0.25) is 0 Å². The van der Waals surface area contributed by atoms with E-state index in [1.165, 1.54) is 12.4 Å². The van der Waals surface area contributed by atoms with E-state index < -0.39 is 9.84 Å². The maximum atomic E-state index is 11.5. The van der Waals surface area contributed by atoms with Crippen LogP contribution in [0.5, 0.6) is 0 Å². The van der Waals surface area contributed by atoms with E-state index in [1.54, 1.807) is 0 Å². The van der Waals surface area contributed by atoms with Gasteiger partial charge in [0.15, 0.2) is 15.7 Å². The van der Waals surface area contributed by atoms with E-state index >= 15 is 0 Å². The second kappa shape index (κ2) is 5.15. The molecule has 1 unspecified atom stereocenters. The van der Waals surface area contributed by atoms with Crippen molar-refractivity contribution in [3.8, 4) is 0 Å². The molecule has 0 aromatic carbocycles. The Kier molecular flexibility index (Phi) is 3.76. The molecule has 0 amide bonds. The molecule has 1 atom stereocenters. The molecule has 0 bridgehead atoms. The number of anilines is 1. The Labute approximate surface area is 111 Å². The standard InChI is InChI=1S/C10H14N4O2S2/c11-9(17)8-10(13-4-3-12-8)14-7-2-1-5-18(15,16)6-7/h3-4,7H,1-2,5-6H2,(H2,11,17)(H,13,14). The first-order valence-corrected chi connectivity index (χ1v) is 7.79. The van der Waals surface area contributed by atoms with E-state index in [-0.39, 0.29) is 22.5 Å². The molecule has 1 aromatic rings. The molecule has 18 heavy (non-hydrogen) atoms. The third kappa shape index (κ3) is 3.14. The van der Waals surface area contributed by atoms with Gasteiger partial charge in [0.1, 0.15) is 10.7 Å². The first-order chi connectivity index (χ1) is 8.48. The fourth-order valence-electron chi connectivity index (χ4n) is 1.95. The molecule has 2 rings (SSSR count). The third-order valence-corrected chi connectivity index (χ3v) is 4.75. The van der Waals surface area contributed by atoms with Crippen LogP contribution < -0.4 is 11.1 Å². The number of nitrogens with two attached hydrogens (primary N) is 1. The zero-order valence-corrected chi connectivity index (χ0v) is 11.3. The Hall–Kier alpha value is -1.28. The maximum absolute atomic E-state index is 11.5. The number of sulfone groups is 1. The number of nitrogens with zero attached hydrogens (tertiary/aromatic N) is 2. The Bertz CT molecular complexity index is 559. The smallest absolute Gasteiger partial charge is 0.155 e. The molecule has 1 saturated heterocycles. The normalized spacial score (nSPS) is 22.3. The average Bonchev–Trinajstić information content (AvgIpc) is 2.28. The molecular formula is C10H14N4O2S2. The summed E-state index contributed by atoms with van der Waals surface area (Å²) >= 11 is 4.88.